The summed E-state index contributed by atoms with van der Waals surface area (Å²) in [6.07, 6.45) is 6.13. The fourth-order valence-corrected chi connectivity index (χ4v) is 4.87. The highest BCUT2D eigenvalue weighted by Crippen LogP contribution is 2.27. The second-order valence-corrected chi connectivity index (χ2v) is 8.54. The molecular weight excluding hydrogens is 356 g/mol. The monoisotopic (exact) mass is 378 g/mol. The third-order valence-corrected chi connectivity index (χ3v) is 6.93. The number of aromatic nitrogens is 1. The molecule has 1 aromatic heterocycles. The number of benzene rings is 1. The number of carbonyl (C=O) groups excluding carboxylic acids is 1. The molecular formula is C18H22N2O5S. The van der Waals surface area contributed by atoms with Crippen LogP contribution < -0.4 is 5.43 Å². The highest BCUT2D eigenvalue weighted by atomic mass is 32.2. The Kier molecular flexibility index (Phi) is 5.15. The van der Waals surface area contributed by atoms with Crippen LogP contribution in [0, 0.1) is 0 Å². The largest absolute Gasteiger partial charge is 0.465 e. The molecule has 0 amide bonds. The van der Waals surface area contributed by atoms with Crippen LogP contribution in [0.1, 0.15) is 42.5 Å². The average Bonchev–Trinajstić information content (AvgIpc) is 2.67. The second kappa shape index (κ2) is 7.20. The van der Waals surface area contributed by atoms with Gasteiger partial charge in [0.25, 0.3) is 0 Å². The zero-order valence-electron chi connectivity index (χ0n) is 14.8. The van der Waals surface area contributed by atoms with E-state index in [0.29, 0.717) is 5.52 Å². The minimum absolute atomic E-state index is 0.0239. The smallest absolute Gasteiger partial charge is 0.343 e. The van der Waals surface area contributed by atoms with Crippen LogP contribution in [0.2, 0.25) is 0 Å². The number of rotatable bonds is 4. The van der Waals surface area contributed by atoms with E-state index in [1.165, 1.54) is 29.7 Å². The van der Waals surface area contributed by atoms with Gasteiger partial charge in [0.1, 0.15) is 5.56 Å². The summed E-state index contributed by atoms with van der Waals surface area (Å²) in [6, 6.07) is 4.32. The Hall–Kier alpha value is -2.19. The van der Waals surface area contributed by atoms with Gasteiger partial charge in [-0.2, -0.15) is 4.31 Å². The summed E-state index contributed by atoms with van der Waals surface area (Å²) in [7, 11) is -0.947. The molecule has 1 saturated carbocycles. The van der Waals surface area contributed by atoms with Crippen molar-refractivity contribution in [3.63, 3.8) is 0 Å². The van der Waals surface area contributed by atoms with Crippen molar-refractivity contribution >= 4 is 26.9 Å². The van der Waals surface area contributed by atoms with Crippen molar-refractivity contribution in [2.45, 2.75) is 43.0 Å². The molecule has 0 atom stereocenters. The maximum Gasteiger partial charge on any atom is 0.343 e. The first-order valence-corrected chi connectivity index (χ1v) is 10.0. The van der Waals surface area contributed by atoms with Gasteiger partial charge in [0.2, 0.25) is 15.5 Å². The lowest BCUT2D eigenvalue weighted by atomic mass is 9.96. The molecule has 26 heavy (non-hydrogen) atoms. The van der Waals surface area contributed by atoms with E-state index in [0.717, 1.165) is 32.1 Å². The number of fused-ring (bicyclic) bond motifs is 1. The number of carbonyl (C=O) groups is 1. The van der Waals surface area contributed by atoms with Crippen molar-refractivity contribution < 1.29 is 17.9 Å². The third-order valence-electron chi connectivity index (χ3n) is 5.02. The standard InChI is InChI=1S/C18H22N2O5S/c1-20(12-6-4-3-5-7-12)26(23,24)13-8-9-16-14(10-13)17(21)15(11-19-16)18(22)25-2/h8-12H,3-7H2,1-2H3,(H,19,21). The Morgan fingerprint density at radius 2 is 1.92 bits per heavy atom. The van der Waals surface area contributed by atoms with Crippen molar-refractivity contribution in [3.8, 4) is 0 Å². The number of H-pyrrole nitrogens is 1. The summed E-state index contributed by atoms with van der Waals surface area (Å²) in [4.78, 5) is 27.1. The molecule has 0 bridgehead atoms. The van der Waals surface area contributed by atoms with Gasteiger partial charge < -0.3 is 9.72 Å². The van der Waals surface area contributed by atoms with Crippen LogP contribution in [0.3, 0.4) is 0 Å². The Morgan fingerprint density at radius 3 is 2.58 bits per heavy atom. The molecule has 0 saturated heterocycles. The topological polar surface area (TPSA) is 96.5 Å². The van der Waals surface area contributed by atoms with Gasteiger partial charge in [-0.25, -0.2) is 13.2 Å². The number of pyridine rings is 1. The summed E-state index contributed by atoms with van der Waals surface area (Å²) in [5, 5.41) is 0.144. The van der Waals surface area contributed by atoms with E-state index in [-0.39, 0.29) is 21.9 Å². The quantitative estimate of drug-likeness (QED) is 0.823. The minimum atomic E-state index is -3.72. The second-order valence-electron chi connectivity index (χ2n) is 6.54. The van der Waals surface area contributed by atoms with E-state index in [2.05, 4.69) is 9.72 Å². The van der Waals surface area contributed by atoms with Crippen molar-refractivity contribution in [1.29, 1.82) is 0 Å². The highest BCUT2D eigenvalue weighted by molar-refractivity contribution is 7.89. The fourth-order valence-electron chi connectivity index (χ4n) is 3.43. The first-order chi connectivity index (χ1) is 12.4. The normalized spacial score (nSPS) is 16.1. The number of aromatic amines is 1. The maximum atomic E-state index is 13.0. The van der Waals surface area contributed by atoms with Gasteiger partial charge in [-0.05, 0) is 31.0 Å². The van der Waals surface area contributed by atoms with Gasteiger partial charge >= 0.3 is 5.97 Å². The molecule has 1 aliphatic carbocycles. The predicted molar refractivity (Wildman–Crippen MR) is 97.7 cm³/mol. The van der Waals surface area contributed by atoms with Crippen molar-refractivity contribution in [2.24, 2.45) is 0 Å². The Morgan fingerprint density at radius 1 is 1.23 bits per heavy atom. The first kappa shape index (κ1) is 18.6. The molecule has 1 fully saturated rings. The minimum Gasteiger partial charge on any atom is -0.465 e. The summed E-state index contributed by atoms with van der Waals surface area (Å²) in [5.74, 6) is -0.763. The lowest BCUT2D eigenvalue weighted by Crippen LogP contribution is -2.38. The van der Waals surface area contributed by atoms with E-state index < -0.39 is 21.4 Å². The van der Waals surface area contributed by atoms with Gasteiger partial charge in [-0.1, -0.05) is 19.3 Å². The number of esters is 1. The fraction of sp³-hybridized carbons (Fsp3) is 0.444. The van der Waals surface area contributed by atoms with Gasteiger partial charge in [-0.3, -0.25) is 4.79 Å². The molecule has 1 N–H and O–H groups in total. The zero-order valence-corrected chi connectivity index (χ0v) is 15.6. The summed E-state index contributed by atoms with van der Waals surface area (Å²) < 4.78 is 32.0. The summed E-state index contributed by atoms with van der Waals surface area (Å²) >= 11 is 0. The molecule has 1 aliphatic rings. The number of nitrogens with one attached hydrogen (secondary N) is 1. The number of methoxy groups -OCH3 is 1. The number of hydrogen-bond donors (Lipinski definition) is 1. The van der Waals surface area contributed by atoms with E-state index in [9.17, 15) is 18.0 Å². The van der Waals surface area contributed by atoms with Crippen LogP contribution in [0.25, 0.3) is 10.9 Å². The van der Waals surface area contributed by atoms with Crippen LogP contribution >= 0.6 is 0 Å². The molecule has 3 rings (SSSR count). The van der Waals surface area contributed by atoms with Gasteiger partial charge in [-0.15, -0.1) is 0 Å². The third kappa shape index (κ3) is 3.26. The lowest BCUT2D eigenvalue weighted by molar-refractivity contribution is 0.0599. The van der Waals surface area contributed by atoms with Crippen LogP contribution in [0.4, 0.5) is 0 Å². The van der Waals surface area contributed by atoms with Crippen molar-refractivity contribution in [3.05, 3.63) is 40.2 Å². The molecule has 0 unspecified atom stereocenters. The molecule has 8 heteroatoms. The van der Waals surface area contributed by atoms with Gasteiger partial charge in [0, 0.05) is 30.2 Å². The highest BCUT2D eigenvalue weighted by Gasteiger charge is 2.29. The molecule has 2 aromatic rings. The number of ether oxygens (including phenoxy) is 1. The lowest BCUT2D eigenvalue weighted by Gasteiger charge is -2.30. The molecule has 0 spiro atoms. The van der Waals surface area contributed by atoms with E-state index in [4.69, 9.17) is 0 Å². The SMILES string of the molecule is COC(=O)c1c[nH]c2ccc(S(=O)(=O)N(C)C3CCCCC3)cc2c1=O. The number of nitrogens with zero attached hydrogens (tertiary/aromatic N) is 1. The Balaban J connectivity index is 2.05. The molecule has 0 aliphatic heterocycles. The maximum absolute atomic E-state index is 13.0. The van der Waals surface area contributed by atoms with E-state index >= 15 is 0 Å². The summed E-state index contributed by atoms with van der Waals surface area (Å²) in [6.45, 7) is 0. The van der Waals surface area contributed by atoms with Gasteiger partial charge in [0.05, 0.1) is 12.0 Å². The Labute approximate surface area is 152 Å². The number of sulfonamides is 1. The summed E-state index contributed by atoms with van der Waals surface area (Å²) in [5.41, 5.74) is -0.250. The Bertz CT molecular complexity index is 990. The number of hydrogen-bond acceptors (Lipinski definition) is 5. The van der Waals surface area contributed by atoms with Crippen molar-refractivity contribution in [1.82, 2.24) is 9.29 Å². The molecule has 140 valence electrons. The van der Waals surface area contributed by atoms with Crippen LogP contribution in [0.5, 0.6) is 0 Å². The first-order valence-electron chi connectivity index (χ1n) is 8.58. The van der Waals surface area contributed by atoms with Crippen LogP contribution in [-0.4, -0.2) is 43.9 Å². The van der Waals surface area contributed by atoms with Crippen molar-refractivity contribution in [2.75, 3.05) is 14.2 Å². The van der Waals surface area contributed by atoms with E-state index in [1.807, 2.05) is 0 Å². The predicted octanol–water partition coefficient (Wildman–Crippen LogP) is 2.27. The van der Waals surface area contributed by atoms with Gasteiger partial charge in [0.15, 0.2) is 0 Å². The van der Waals surface area contributed by atoms with Crippen LogP contribution in [-0.2, 0) is 14.8 Å². The molecule has 1 aromatic carbocycles. The zero-order chi connectivity index (χ0) is 18.9. The average molecular weight is 378 g/mol. The molecule has 0 radical (unpaired) electrons. The molecule has 1 heterocycles. The van der Waals surface area contributed by atoms with E-state index in [1.54, 1.807) is 13.1 Å². The molecule has 7 nitrogen and oxygen atoms in total. The van der Waals surface area contributed by atoms with Crippen LogP contribution in [0.15, 0.2) is 34.1 Å².